The maximum absolute atomic E-state index is 5.97. The number of hydrogen-bond acceptors (Lipinski definition) is 3. The molecule has 0 spiro atoms. The van der Waals surface area contributed by atoms with Crippen LogP contribution in [0.15, 0.2) is 29.0 Å². The maximum atomic E-state index is 5.97. The summed E-state index contributed by atoms with van der Waals surface area (Å²) < 4.78 is 5.30. The molecule has 0 fully saturated rings. The number of benzene rings is 1. The third-order valence-electron chi connectivity index (χ3n) is 2.14. The summed E-state index contributed by atoms with van der Waals surface area (Å²) >= 11 is 5.97. The molecule has 0 unspecified atom stereocenters. The molecule has 15 heavy (non-hydrogen) atoms. The molecule has 0 atom stereocenters. The minimum Gasteiger partial charge on any atom is -0.443 e. The van der Waals surface area contributed by atoms with E-state index in [1.807, 2.05) is 25.1 Å². The van der Waals surface area contributed by atoms with Crippen LogP contribution in [-0.2, 0) is 6.54 Å². The number of nitrogens with two attached hydrogens (primary N) is 1. The van der Waals surface area contributed by atoms with Gasteiger partial charge in [0.25, 0.3) is 0 Å². The highest BCUT2D eigenvalue weighted by molar-refractivity contribution is 6.30. The van der Waals surface area contributed by atoms with E-state index >= 15 is 0 Å². The van der Waals surface area contributed by atoms with Crippen molar-refractivity contribution < 1.29 is 4.42 Å². The summed E-state index contributed by atoms with van der Waals surface area (Å²) in [4.78, 5) is 4.04. The number of aryl methyl sites for hydroxylation is 1. The fourth-order valence-corrected chi connectivity index (χ4v) is 1.81. The van der Waals surface area contributed by atoms with Gasteiger partial charge in [0.1, 0.15) is 5.69 Å². The van der Waals surface area contributed by atoms with Gasteiger partial charge in [-0.2, -0.15) is 0 Å². The van der Waals surface area contributed by atoms with Crippen molar-refractivity contribution in [2.24, 2.45) is 5.73 Å². The largest absolute Gasteiger partial charge is 0.443 e. The molecule has 0 aliphatic carbocycles. The second-order valence-corrected chi connectivity index (χ2v) is 3.79. The van der Waals surface area contributed by atoms with Gasteiger partial charge < -0.3 is 10.2 Å². The van der Waals surface area contributed by atoms with Crippen LogP contribution in [0.2, 0.25) is 5.02 Å². The van der Waals surface area contributed by atoms with Gasteiger partial charge in [-0.15, -0.1) is 0 Å². The molecule has 3 nitrogen and oxygen atoms in total. The maximum Gasteiger partial charge on any atom is 0.181 e. The summed E-state index contributed by atoms with van der Waals surface area (Å²) in [6, 6.07) is 5.73. The van der Waals surface area contributed by atoms with Crippen LogP contribution in [0, 0.1) is 6.92 Å². The molecule has 0 saturated carbocycles. The summed E-state index contributed by atoms with van der Waals surface area (Å²) in [5.74, 6) is 0.697. The quantitative estimate of drug-likeness (QED) is 0.850. The van der Waals surface area contributed by atoms with E-state index in [1.54, 1.807) is 0 Å². The summed E-state index contributed by atoms with van der Waals surface area (Å²) in [7, 11) is 0. The number of nitrogens with zero attached hydrogens (tertiary/aromatic N) is 1. The summed E-state index contributed by atoms with van der Waals surface area (Å²) in [5.41, 5.74) is 8.30. The summed E-state index contributed by atoms with van der Waals surface area (Å²) in [6.07, 6.45) is 1.40. The number of oxazole rings is 1. The van der Waals surface area contributed by atoms with E-state index in [0.29, 0.717) is 17.3 Å². The van der Waals surface area contributed by atoms with E-state index < -0.39 is 0 Å². The Morgan fingerprint density at radius 2 is 2.20 bits per heavy atom. The van der Waals surface area contributed by atoms with Crippen LogP contribution < -0.4 is 5.73 Å². The predicted octanol–water partition coefficient (Wildman–Crippen LogP) is 2.76. The lowest BCUT2D eigenvalue weighted by Crippen LogP contribution is -1.98. The zero-order valence-electron chi connectivity index (χ0n) is 8.33. The van der Waals surface area contributed by atoms with Gasteiger partial charge in [-0.25, -0.2) is 4.98 Å². The van der Waals surface area contributed by atoms with Crippen LogP contribution in [-0.4, -0.2) is 4.98 Å². The first-order valence-electron chi connectivity index (χ1n) is 4.60. The molecule has 78 valence electrons. The Morgan fingerprint density at radius 3 is 2.87 bits per heavy atom. The lowest BCUT2D eigenvalue weighted by molar-refractivity contribution is 0.571. The summed E-state index contributed by atoms with van der Waals surface area (Å²) in [5, 5.41) is 0.685. The number of rotatable bonds is 2. The standard InChI is InChI=1S/C11H11ClN2O/c1-7-2-8(4-9(12)3-7)11-10(5-13)14-6-15-11/h2-4,6H,5,13H2,1H3. The predicted molar refractivity (Wildman–Crippen MR) is 59.6 cm³/mol. The minimum atomic E-state index is 0.359. The van der Waals surface area contributed by atoms with Gasteiger partial charge in [0.05, 0.1) is 0 Å². The lowest BCUT2D eigenvalue weighted by Gasteiger charge is -2.02. The third kappa shape index (κ3) is 2.03. The zero-order valence-corrected chi connectivity index (χ0v) is 9.08. The van der Waals surface area contributed by atoms with Crippen LogP contribution in [0.25, 0.3) is 11.3 Å². The highest BCUT2D eigenvalue weighted by atomic mass is 35.5. The van der Waals surface area contributed by atoms with Crippen molar-refractivity contribution in [3.8, 4) is 11.3 Å². The minimum absolute atomic E-state index is 0.359. The zero-order chi connectivity index (χ0) is 10.8. The lowest BCUT2D eigenvalue weighted by atomic mass is 10.1. The van der Waals surface area contributed by atoms with Crippen molar-refractivity contribution in [1.29, 1.82) is 0 Å². The SMILES string of the molecule is Cc1cc(Cl)cc(-c2ocnc2CN)c1. The Hall–Kier alpha value is -1.32. The molecule has 0 aliphatic rings. The van der Waals surface area contributed by atoms with Crippen LogP contribution in [0.3, 0.4) is 0 Å². The van der Waals surface area contributed by atoms with Crippen LogP contribution in [0.5, 0.6) is 0 Å². The Labute approximate surface area is 92.9 Å². The summed E-state index contributed by atoms with van der Waals surface area (Å²) in [6.45, 7) is 2.34. The third-order valence-corrected chi connectivity index (χ3v) is 2.36. The van der Waals surface area contributed by atoms with Crippen molar-refractivity contribution in [3.05, 3.63) is 40.9 Å². The molecule has 2 aromatic rings. The van der Waals surface area contributed by atoms with Gasteiger partial charge in [0, 0.05) is 17.1 Å². The Bertz CT molecular complexity index is 459. The second kappa shape index (κ2) is 4.04. The van der Waals surface area contributed by atoms with Crippen molar-refractivity contribution in [2.75, 3.05) is 0 Å². The van der Waals surface area contributed by atoms with E-state index in [-0.39, 0.29) is 0 Å². The van der Waals surface area contributed by atoms with Gasteiger partial charge in [-0.05, 0) is 30.7 Å². The van der Waals surface area contributed by atoms with Gasteiger partial charge >= 0.3 is 0 Å². The molecule has 0 aliphatic heterocycles. The van der Waals surface area contributed by atoms with E-state index in [4.69, 9.17) is 21.8 Å². The molecule has 0 bridgehead atoms. The normalized spacial score (nSPS) is 10.6. The van der Waals surface area contributed by atoms with Crippen molar-refractivity contribution in [2.45, 2.75) is 13.5 Å². The molecule has 4 heteroatoms. The average molecular weight is 223 g/mol. The van der Waals surface area contributed by atoms with Crippen molar-refractivity contribution >= 4 is 11.6 Å². The smallest absolute Gasteiger partial charge is 0.181 e. The number of halogens is 1. The Balaban J connectivity index is 2.53. The van der Waals surface area contributed by atoms with E-state index in [2.05, 4.69) is 4.98 Å². The van der Waals surface area contributed by atoms with E-state index in [1.165, 1.54) is 6.39 Å². The van der Waals surface area contributed by atoms with Crippen LogP contribution in [0.4, 0.5) is 0 Å². The number of hydrogen-bond donors (Lipinski definition) is 1. The van der Waals surface area contributed by atoms with Crippen LogP contribution in [0.1, 0.15) is 11.3 Å². The molecule has 1 aromatic heterocycles. The fraction of sp³-hybridized carbons (Fsp3) is 0.182. The van der Waals surface area contributed by atoms with E-state index in [9.17, 15) is 0 Å². The molecular formula is C11H11ClN2O. The van der Waals surface area contributed by atoms with Gasteiger partial charge in [-0.1, -0.05) is 11.6 Å². The Kier molecular flexibility index (Phi) is 2.75. The van der Waals surface area contributed by atoms with Gasteiger partial charge in [0.15, 0.2) is 12.2 Å². The fourth-order valence-electron chi connectivity index (χ4n) is 1.52. The van der Waals surface area contributed by atoms with Gasteiger partial charge in [-0.3, -0.25) is 0 Å². The van der Waals surface area contributed by atoms with Crippen molar-refractivity contribution in [3.63, 3.8) is 0 Å². The van der Waals surface area contributed by atoms with Crippen LogP contribution >= 0.6 is 11.6 Å². The molecule has 2 rings (SSSR count). The molecule has 1 aromatic carbocycles. The first-order chi connectivity index (χ1) is 7.20. The van der Waals surface area contributed by atoms with Crippen molar-refractivity contribution in [1.82, 2.24) is 4.98 Å². The molecule has 2 N–H and O–H groups in total. The molecule has 0 saturated heterocycles. The first-order valence-corrected chi connectivity index (χ1v) is 4.98. The van der Waals surface area contributed by atoms with Gasteiger partial charge in [0.2, 0.25) is 0 Å². The molecule has 1 heterocycles. The monoisotopic (exact) mass is 222 g/mol. The topological polar surface area (TPSA) is 52.0 Å². The molecular weight excluding hydrogens is 212 g/mol. The second-order valence-electron chi connectivity index (χ2n) is 3.35. The average Bonchev–Trinajstić information content (AvgIpc) is 2.63. The molecule has 0 radical (unpaired) electrons. The molecule has 0 amide bonds. The highest BCUT2D eigenvalue weighted by Crippen LogP contribution is 2.26. The number of aromatic nitrogens is 1. The first kappa shape index (κ1) is 10.2. The Morgan fingerprint density at radius 1 is 1.40 bits per heavy atom. The highest BCUT2D eigenvalue weighted by Gasteiger charge is 2.10. The van der Waals surface area contributed by atoms with E-state index in [0.717, 1.165) is 16.8 Å².